The van der Waals surface area contributed by atoms with Crippen LogP contribution < -0.4 is 5.69 Å². The van der Waals surface area contributed by atoms with Gasteiger partial charge in [0.25, 0.3) is 0 Å². The monoisotopic (exact) mass is 335 g/mol. The largest absolute Gasteiger partial charge is 0.338 e. The highest BCUT2D eigenvalue weighted by molar-refractivity contribution is 5.82. The number of hydrogen-bond donors (Lipinski definition) is 0. The van der Waals surface area contributed by atoms with Gasteiger partial charge in [-0.3, -0.25) is 13.9 Å². The van der Waals surface area contributed by atoms with Crippen molar-refractivity contribution in [2.75, 3.05) is 6.54 Å². The molecule has 3 aromatic rings. The van der Waals surface area contributed by atoms with Gasteiger partial charge in [0.2, 0.25) is 5.91 Å². The first-order valence-electron chi connectivity index (χ1n) is 8.53. The molecule has 0 spiro atoms. The van der Waals surface area contributed by atoms with Gasteiger partial charge in [0.05, 0.1) is 17.5 Å². The van der Waals surface area contributed by atoms with Crippen LogP contribution in [0.25, 0.3) is 11.0 Å². The van der Waals surface area contributed by atoms with Crippen LogP contribution in [0.4, 0.5) is 0 Å². The number of rotatable bonds is 2. The molecule has 0 radical (unpaired) electrons. The van der Waals surface area contributed by atoms with Gasteiger partial charge in [-0.15, -0.1) is 0 Å². The first kappa shape index (κ1) is 15.7. The summed E-state index contributed by atoms with van der Waals surface area (Å²) >= 11 is 0. The van der Waals surface area contributed by atoms with Gasteiger partial charge < -0.3 is 4.90 Å². The third-order valence-electron chi connectivity index (χ3n) is 5.18. The number of fused-ring (bicyclic) bond motifs is 2. The molecule has 0 aliphatic carbocycles. The van der Waals surface area contributed by atoms with Crippen LogP contribution in [0, 0.1) is 0 Å². The number of carbonyl (C=O) groups is 1. The van der Waals surface area contributed by atoms with Gasteiger partial charge in [-0.1, -0.05) is 30.3 Å². The van der Waals surface area contributed by atoms with Crippen LogP contribution in [0.2, 0.25) is 0 Å². The highest BCUT2D eigenvalue weighted by Crippen LogP contribution is 2.20. The maximum Gasteiger partial charge on any atom is 0.328 e. The van der Waals surface area contributed by atoms with Gasteiger partial charge in [0, 0.05) is 27.2 Å². The lowest BCUT2D eigenvalue weighted by molar-refractivity contribution is -0.131. The number of carbonyl (C=O) groups excluding carboxylic acids is 1. The molecule has 0 bridgehead atoms. The minimum absolute atomic E-state index is 0.0499. The Kier molecular flexibility index (Phi) is 3.71. The van der Waals surface area contributed by atoms with Crippen molar-refractivity contribution < 1.29 is 4.79 Å². The summed E-state index contributed by atoms with van der Waals surface area (Å²) in [6, 6.07) is 14.1. The smallest absolute Gasteiger partial charge is 0.328 e. The number of aryl methyl sites for hydroxylation is 2. The fourth-order valence-corrected chi connectivity index (χ4v) is 3.66. The lowest BCUT2D eigenvalue weighted by atomic mass is 9.99. The van der Waals surface area contributed by atoms with Crippen LogP contribution >= 0.6 is 0 Å². The van der Waals surface area contributed by atoms with E-state index in [1.54, 1.807) is 23.2 Å². The zero-order valence-corrected chi connectivity index (χ0v) is 14.5. The highest BCUT2D eigenvalue weighted by Gasteiger charge is 2.20. The van der Waals surface area contributed by atoms with Crippen molar-refractivity contribution >= 4 is 16.9 Å². The van der Waals surface area contributed by atoms with E-state index in [0.717, 1.165) is 29.6 Å². The van der Waals surface area contributed by atoms with Crippen molar-refractivity contribution in [1.29, 1.82) is 0 Å². The van der Waals surface area contributed by atoms with E-state index in [-0.39, 0.29) is 11.6 Å². The summed E-state index contributed by atoms with van der Waals surface area (Å²) < 4.78 is 3.25. The van der Waals surface area contributed by atoms with Gasteiger partial charge in [0.1, 0.15) is 0 Å². The van der Waals surface area contributed by atoms with E-state index in [0.29, 0.717) is 13.0 Å². The standard InChI is InChI=1S/C20H21N3O2/c1-21-17-8-7-14(11-18(17)22(2)20(21)25)12-19(24)23-10-9-15-5-3-4-6-16(15)13-23/h3-8,11H,9-10,12-13H2,1-2H3. The average Bonchev–Trinajstić information content (AvgIpc) is 2.85. The lowest BCUT2D eigenvalue weighted by Crippen LogP contribution is -2.36. The Balaban J connectivity index is 1.56. The molecule has 128 valence electrons. The van der Waals surface area contributed by atoms with Crippen molar-refractivity contribution in [2.24, 2.45) is 14.1 Å². The molecule has 0 fully saturated rings. The predicted octanol–water partition coefficient (Wildman–Crippen LogP) is 2.00. The van der Waals surface area contributed by atoms with E-state index in [1.165, 1.54) is 11.1 Å². The zero-order chi connectivity index (χ0) is 17.6. The van der Waals surface area contributed by atoms with E-state index in [4.69, 9.17) is 0 Å². The second kappa shape index (κ2) is 5.92. The Morgan fingerprint density at radius 2 is 1.72 bits per heavy atom. The summed E-state index contributed by atoms with van der Waals surface area (Å²) in [6.45, 7) is 1.45. The van der Waals surface area contributed by atoms with Gasteiger partial charge in [-0.05, 0) is 35.2 Å². The first-order valence-corrected chi connectivity index (χ1v) is 8.53. The molecule has 0 saturated carbocycles. The molecule has 0 atom stereocenters. The fourth-order valence-electron chi connectivity index (χ4n) is 3.66. The van der Waals surface area contributed by atoms with Crippen molar-refractivity contribution in [3.63, 3.8) is 0 Å². The molecule has 5 heteroatoms. The van der Waals surface area contributed by atoms with E-state index < -0.39 is 0 Å². The third-order valence-corrected chi connectivity index (χ3v) is 5.18. The van der Waals surface area contributed by atoms with E-state index in [2.05, 4.69) is 18.2 Å². The predicted molar refractivity (Wildman–Crippen MR) is 97.4 cm³/mol. The summed E-state index contributed by atoms with van der Waals surface area (Å²) in [4.78, 5) is 26.7. The third kappa shape index (κ3) is 2.65. The normalized spacial score (nSPS) is 13.9. The quantitative estimate of drug-likeness (QED) is 0.719. The molecule has 2 heterocycles. The summed E-state index contributed by atoms with van der Waals surface area (Å²) in [5.41, 5.74) is 5.22. The van der Waals surface area contributed by atoms with Crippen LogP contribution in [-0.2, 0) is 38.3 Å². The Bertz CT molecular complexity index is 1030. The molecule has 0 saturated heterocycles. The van der Waals surface area contributed by atoms with Crippen LogP contribution in [0.1, 0.15) is 16.7 Å². The SMILES string of the molecule is Cn1c(=O)n(C)c2cc(CC(=O)N3CCc4ccccc4C3)ccc21. The van der Waals surface area contributed by atoms with Crippen LogP contribution in [0.5, 0.6) is 0 Å². The Labute approximate surface area is 146 Å². The number of amides is 1. The van der Waals surface area contributed by atoms with Crippen LogP contribution in [0.3, 0.4) is 0 Å². The van der Waals surface area contributed by atoms with Gasteiger partial charge in [0.15, 0.2) is 0 Å². The maximum absolute atomic E-state index is 12.7. The summed E-state index contributed by atoms with van der Waals surface area (Å²) in [6.07, 6.45) is 1.27. The molecular formula is C20H21N3O2. The van der Waals surface area contributed by atoms with E-state index >= 15 is 0 Å². The van der Waals surface area contributed by atoms with Gasteiger partial charge in [-0.2, -0.15) is 0 Å². The highest BCUT2D eigenvalue weighted by atomic mass is 16.2. The van der Waals surface area contributed by atoms with Crippen LogP contribution in [-0.4, -0.2) is 26.5 Å². The topological polar surface area (TPSA) is 47.2 Å². The van der Waals surface area contributed by atoms with Crippen molar-refractivity contribution in [3.8, 4) is 0 Å². The molecule has 0 unspecified atom stereocenters. The summed E-state index contributed by atoms with van der Waals surface area (Å²) in [5.74, 6) is 0.134. The molecule has 1 aromatic heterocycles. The Morgan fingerprint density at radius 1 is 1.00 bits per heavy atom. The molecule has 5 nitrogen and oxygen atoms in total. The number of nitrogens with zero attached hydrogens (tertiary/aromatic N) is 3. The summed E-state index contributed by atoms with van der Waals surface area (Å²) in [5, 5.41) is 0. The zero-order valence-electron chi connectivity index (χ0n) is 14.5. The average molecular weight is 335 g/mol. The van der Waals surface area contributed by atoms with Crippen molar-refractivity contribution in [1.82, 2.24) is 14.0 Å². The van der Waals surface area contributed by atoms with Gasteiger partial charge in [-0.25, -0.2) is 4.79 Å². The fraction of sp³-hybridized carbons (Fsp3) is 0.300. The van der Waals surface area contributed by atoms with Gasteiger partial charge >= 0.3 is 5.69 Å². The Hall–Kier alpha value is -2.82. The second-order valence-electron chi connectivity index (χ2n) is 6.73. The molecule has 1 amide bonds. The van der Waals surface area contributed by atoms with E-state index in [9.17, 15) is 9.59 Å². The number of hydrogen-bond acceptors (Lipinski definition) is 2. The van der Waals surface area contributed by atoms with Crippen molar-refractivity contribution in [2.45, 2.75) is 19.4 Å². The Morgan fingerprint density at radius 3 is 2.52 bits per heavy atom. The van der Waals surface area contributed by atoms with Crippen molar-refractivity contribution in [3.05, 3.63) is 69.6 Å². The van der Waals surface area contributed by atoms with E-state index in [1.807, 2.05) is 29.2 Å². The first-order chi connectivity index (χ1) is 12.0. The number of aromatic nitrogens is 2. The minimum Gasteiger partial charge on any atom is -0.338 e. The number of benzene rings is 2. The maximum atomic E-state index is 12.7. The molecule has 1 aliphatic heterocycles. The number of imidazole rings is 1. The second-order valence-corrected chi connectivity index (χ2v) is 6.73. The molecule has 0 N–H and O–H groups in total. The molecule has 1 aliphatic rings. The lowest BCUT2D eigenvalue weighted by Gasteiger charge is -2.29. The molecule has 2 aromatic carbocycles. The molecular weight excluding hydrogens is 314 g/mol. The summed E-state index contributed by atoms with van der Waals surface area (Å²) in [7, 11) is 3.53. The molecule has 4 rings (SSSR count). The minimum atomic E-state index is -0.0499. The van der Waals surface area contributed by atoms with Crippen LogP contribution in [0.15, 0.2) is 47.3 Å². The molecule has 25 heavy (non-hydrogen) atoms.